The molecule has 0 radical (unpaired) electrons. The molecule has 2 aromatic carbocycles. The normalized spacial score (nSPS) is 10.2. The third-order valence-corrected chi connectivity index (χ3v) is 5.22. The van der Waals surface area contributed by atoms with Crippen LogP contribution in [0, 0.1) is 0 Å². The van der Waals surface area contributed by atoms with Crippen molar-refractivity contribution >= 4 is 15.3 Å². The van der Waals surface area contributed by atoms with Crippen molar-refractivity contribution in [3.8, 4) is 11.5 Å². The molecule has 0 aliphatic rings. The number of ether oxygens (including phenoxy) is 1. The Bertz CT molecular complexity index is 574. The van der Waals surface area contributed by atoms with Crippen LogP contribution in [-0.2, 0) is 9.53 Å². The third kappa shape index (κ3) is 6.70. The Morgan fingerprint density at radius 3 is 1.96 bits per heavy atom. The standard InChI is InChI=1S/C19H22O4Si/c1-2-19(20)21-15-9-10-16-24(22-17-11-5-3-6-12-17)23-18-13-7-4-8-14-18/h2-8,11-14,24H,1,9-10,15-16H2. The van der Waals surface area contributed by atoms with Crippen molar-refractivity contribution in [2.75, 3.05) is 6.61 Å². The van der Waals surface area contributed by atoms with Crippen LogP contribution in [0.4, 0.5) is 0 Å². The summed E-state index contributed by atoms with van der Waals surface area (Å²) in [5.41, 5.74) is 0. The van der Waals surface area contributed by atoms with Crippen LogP contribution in [0.25, 0.3) is 0 Å². The molecule has 0 amide bonds. The molecule has 0 saturated carbocycles. The molecule has 0 spiro atoms. The second-order valence-corrected chi connectivity index (χ2v) is 7.07. The SMILES string of the molecule is C=CC(=O)OCCCC[SiH](Oc1ccccc1)Oc1ccccc1. The molecule has 0 heterocycles. The summed E-state index contributed by atoms with van der Waals surface area (Å²) >= 11 is 0. The summed E-state index contributed by atoms with van der Waals surface area (Å²) in [4.78, 5) is 11.0. The molecule has 24 heavy (non-hydrogen) atoms. The topological polar surface area (TPSA) is 44.8 Å². The second-order valence-electron chi connectivity index (χ2n) is 5.16. The number of para-hydroxylation sites is 2. The molecule has 0 aliphatic heterocycles. The van der Waals surface area contributed by atoms with Crippen LogP contribution in [0.2, 0.25) is 6.04 Å². The zero-order valence-corrected chi connectivity index (χ0v) is 14.8. The van der Waals surface area contributed by atoms with Crippen LogP contribution in [0.5, 0.6) is 11.5 Å². The molecule has 5 heteroatoms. The van der Waals surface area contributed by atoms with Gasteiger partial charge in [-0.2, -0.15) is 0 Å². The van der Waals surface area contributed by atoms with Crippen molar-refractivity contribution in [1.29, 1.82) is 0 Å². The highest BCUT2D eigenvalue weighted by Gasteiger charge is 2.17. The molecule has 2 rings (SSSR count). The van der Waals surface area contributed by atoms with E-state index in [1.165, 1.54) is 6.08 Å². The molecule has 0 saturated heterocycles. The zero-order valence-electron chi connectivity index (χ0n) is 13.6. The number of hydrogen-bond acceptors (Lipinski definition) is 4. The summed E-state index contributed by atoms with van der Waals surface area (Å²) in [5, 5.41) is 0. The van der Waals surface area contributed by atoms with Gasteiger partial charge in [-0.1, -0.05) is 43.0 Å². The summed E-state index contributed by atoms with van der Waals surface area (Å²) < 4.78 is 17.1. The van der Waals surface area contributed by atoms with Gasteiger partial charge in [-0.25, -0.2) is 4.79 Å². The van der Waals surface area contributed by atoms with Crippen molar-refractivity contribution in [2.24, 2.45) is 0 Å². The molecule has 126 valence electrons. The minimum absolute atomic E-state index is 0.384. The summed E-state index contributed by atoms with van der Waals surface area (Å²) in [7, 11) is -1.92. The first kappa shape index (κ1) is 17.8. The predicted octanol–water partition coefficient (Wildman–Crippen LogP) is 3.87. The zero-order chi connectivity index (χ0) is 17.0. The highest BCUT2D eigenvalue weighted by atomic mass is 28.3. The molecule has 2 aromatic rings. The van der Waals surface area contributed by atoms with E-state index in [4.69, 9.17) is 13.6 Å². The van der Waals surface area contributed by atoms with Gasteiger partial charge in [0, 0.05) is 12.1 Å². The maximum Gasteiger partial charge on any atom is 0.444 e. The fourth-order valence-corrected chi connectivity index (χ4v) is 3.92. The first-order valence-electron chi connectivity index (χ1n) is 8.00. The Balaban J connectivity index is 1.85. The largest absolute Gasteiger partial charge is 0.514 e. The maximum absolute atomic E-state index is 11.0. The van der Waals surface area contributed by atoms with E-state index in [-0.39, 0.29) is 5.97 Å². The molecule has 4 nitrogen and oxygen atoms in total. The molecule has 0 atom stereocenters. The maximum atomic E-state index is 11.0. The lowest BCUT2D eigenvalue weighted by Gasteiger charge is -2.19. The summed E-state index contributed by atoms with van der Waals surface area (Å²) in [6, 6.07) is 20.2. The van der Waals surface area contributed by atoms with Crippen LogP contribution in [0.3, 0.4) is 0 Å². The molecule has 0 fully saturated rings. The van der Waals surface area contributed by atoms with E-state index in [0.717, 1.165) is 30.4 Å². The van der Waals surface area contributed by atoms with Crippen LogP contribution in [0.1, 0.15) is 12.8 Å². The number of unbranched alkanes of at least 4 members (excludes halogenated alkanes) is 1. The van der Waals surface area contributed by atoms with Gasteiger partial charge in [-0.15, -0.1) is 0 Å². The van der Waals surface area contributed by atoms with Crippen molar-refractivity contribution in [3.63, 3.8) is 0 Å². The smallest absolute Gasteiger partial charge is 0.444 e. The summed E-state index contributed by atoms with van der Waals surface area (Å²) in [5.74, 6) is 1.26. The number of benzene rings is 2. The van der Waals surface area contributed by atoms with E-state index in [2.05, 4.69) is 6.58 Å². The average Bonchev–Trinajstić information content (AvgIpc) is 2.62. The van der Waals surface area contributed by atoms with E-state index in [1.807, 2.05) is 60.7 Å². The molecular formula is C19H22O4Si. The van der Waals surface area contributed by atoms with Gasteiger partial charge < -0.3 is 13.6 Å². The fraction of sp³-hybridized carbons (Fsp3) is 0.211. The molecule has 0 N–H and O–H groups in total. The Kier molecular flexibility index (Phi) is 7.63. The lowest BCUT2D eigenvalue weighted by atomic mass is 10.3. The van der Waals surface area contributed by atoms with E-state index in [0.29, 0.717) is 6.61 Å². The molecular weight excluding hydrogens is 320 g/mol. The number of carbonyl (C=O) groups excluding carboxylic acids is 1. The summed E-state index contributed by atoms with van der Waals surface area (Å²) in [6.45, 7) is 3.77. The lowest BCUT2D eigenvalue weighted by Crippen LogP contribution is -2.29. The first-order valence-corrected chi connectivity index (χ1v) is 9.76. The molecule has 0 aliphatic carbocycles. The van der Waals surface area contributed by atoms with E-state index >= 15 is 0 Å². The third-order valence-electron chi connectivity index (χ3n) is 3.27. The van der Waals surface area contributed by atoms with Crippen molar-refractivity contribution in [2.45, 2.75) is 18.9 Å². The Hall–Kier alpha value is -2.53. The van der Waals surface area contributed by atoms with Crippen molar-refractivity contribution in [1.82, 2.24) is 0 Å². The second kappa shape index (κ2) is 10.3. The van der Waals surface area contributed by atoms with Gasteiger partial charge in [0.1, 0.15) is 11.5 Å². The number of esters is 1. The Labute approximate surface area is 144 Å². The number of carbonyl (C=O) groups is 1. The summed E-state index contributed by atoms with van der Waals surface area (Å²) in [6.07, 6.45) is 2.83. The van der Waals surface area contributed by atoms with Crippen LogP contribution in [-0.4, -0.2) is 21.9 Å². The highest BCUT2D eigenvalue weighted by molar-refractivity contribution is 6.46. The highest BCUT2D eigenvalue weighted by Crippen LogP contribution is 2.17. The fourth-order valence-electron chi connectivity index (χ4n) is 2.09. The minimum Gasteiger partial charge on any atom is -0.514 e. The quantitative estimate of drug-likeness (QED) is 0.284. The van der Waals surface area contributed by atoms with Gasteiger partial charge in [-0.05, 0) is 37.1 Å². The number of rotatable bonds is 10. The lowest BCUT2D eigenvalue weighted by molar-refractivity contribution is -0.137. The van der Waals surface area contributed by atoms with Crippen LogP contribution < -0.4 is 8.85 Å². The van der Waals surface area contributed by atoms with Gasteiger partial charge >= 0.3 is 15.3 Å². The van der Waals surface area contributed by atoms with E-state index in [9.17, 15) is 4.79 Å². The van der Waals surface area contributed by atoms with Crippen molar-refractivity contribution in [3.05, 3.63) is 73.3 Å². The molecule has 0 aromatic heterocycles. The van der Waals surface area contributed by atoms with Crippen LogP contribution in [0.15, 0.2) is 73.3 Å². The Morgan fingerprint density at radius 1 is 0.917 bits per heavy atom. The first-order chi connectivity index (χ1) is 11.8. The average molecular weight is 342 g/mol. The van der Waals surface area contributed by atoms with Gasteiger partial charge in [0.2, 0.25) is 0 Å². The van der Waals surface area contributed by atoms with Gasteiger partial charge in [0.25, 0.3) is 0 Å². The van der Waals surface area contributed by atoms with Gasteiger partial charge in [-0.3, -0.25) is 0 Å². The predicted molar refractivity (Wildman–Crippen MR) is 96.5 cm³/mol. The number of hydrogen-bond donors (Lipinski definition) is 0. The van der Waals surface area contributed by atoms with Crippen LogP contribution >= 0.6 is 0 Å². The van der Waals surface area contributed by atoms with Gasteiger partial charge in [0.05, 0.1) is 6.61 Å². The molecule has 0 bridgehead atoms. The monoisotopic (exact) mass is 342 g/mol. The molecule has 0 unspecified atom stereocenters. The van der Waals surface area contributed by atoms with Crippen molar-refractivity contribution < 1.29 is 18.4 Å². The van der Waals surface area contributed by atoms with E-state index < -0.39 is 9.28 Å². The van der Waals surface area contributed by atoms with E-state index in [1.54, 1.807) is 0 Å². The Morgan fingerprint density at radius 2 is 1.46 bits per heavy atom. The minimum atomic E-state index is -1.92. The van der Waals surface area contributed by atoms with Gasteiger partial charge in [0.15, 0.2) is 0 Å².